The van der Waals surface area contributed by atoms with Crippen LogP contribution in [0.3, 0.4) is 0 Å². The van der Waals surface area contributed by atoms with Gasteiger partial charge < -0.3 is 14.8 Å². The number of nitrogens with zero attached hydrogens (tertiary/aromatic N) is 1. The van der Waals surface area contributed by atoms with Crippen LogP contribution in [-0.2, 0) is 0 Å². The predicted octanol–water partition coefficient (Wildman–Crippen LogP) is 2.56. The summed E-state index contributed by atoms with van der Waals surface area (Å²) in [6.07, 6.45) is 3.35. The molecule has 0 aliphatic heterocycles. The normalized spacial score (nSPS) is 19.3. The van der Waals surface area contributed by atoms with E-state index in [2.05, 4.69) is 22.4 Å². The Morgan fingerprint density at radius 3 is 2.84 bits per heavy atom. The first kappa shape index (κ1) is 12.6. The third-order valence-electron chi connectivity index (χ3n) is 4.42. The molecule has 1 unspecified atom stereocenters. The van der Waals surface area contributed by atoms with Gasteiger partial charge >= 0.3 is 0 Å². The summed E-state index contributed by atoms with van der Waals surface area (Å²) in [6.45, 7) is 2.09. The third kappa shape index (κ3) is 1.95. The van der Waals surface area contributed by atoms with Gasteiger partial charge in [-0.25, -0.2) is 4.98 Å². The highest BCUT2D eigenvalue weighted by Gasteiger charge is 2.43. The Balaban J connectivity index is 2.01. The molecule has 1 aliphatic carbocycles. The Labute approximate surface area is 112 Å². The van der Waals surface area contributed by atoms with E-state index in [1.54, 1.807) is 0 Å². The Morgan fingerprint density at radius 2 is 2.26 bits per heavy atom. The van der Waals surface area contributed by atoms with Gasteiger partial charge in [0, 0.05) is 18.4 Å². The lowest BCUT2D eigenvalue weighted by atomic mass is 9.63. The maximum atomic E-state index is 9.74. The van der Waals surface area contributed by atoms with Gasteiger partial charge in [-0.2, -0.15) is 0 Å². The minimum absolute atomic E-state index is 0.0127. The quantitative estimate of drug-likeness (QED) is 0.887. The van der Waals surface area contributed by atoms with Crippen molar-refractivity contribution >= 4 is 11.1 Å². The Hall–Kier alpha value is -1.39. The lowest BCUT2D eigenvalue weighted by Crippen LogP contribution is -2.44. The van der Waals surface area contributed by atoms with E-state index in [1.807, 2.05) is 20.0 Å². The molecule has 1 aromatic heterocycles. The second-order valence-electron chi connectivity index (χ2n) is 5.56. The smallest absolute Gasteiger partial charge is 0.192 e. The third-order valence-corrected chi connectivity index (χ3v) is 4.42. The fraction of sp³-hybridized carbons (Fsp3) is 0.533. The van der Waals surface area contributed by atoms with Crippen LogP contribution in [-0.4, -0.2) is 23.7 Å². The zero-order valence-electron chi connectivity index (χ0n) is 11.4. The van der Waals surface area contributed by atoms with Crippen molar-refractivity contribution in [3.8, 4) is 0 Å². The molecule has 1 aromatic carbocycles. The van der Waals surface area contributed by atoms with Crippen LogP contribution in [0.1, 0.15) is 36.8 Å². The molecule has 19 heavy (non-hydrogen) atoms. The van der Waals surface area contributed by atoms with Gasteiger partial charge in [0.05, 0.1) is 6.61 Å². The molecule has 0 saturated heterocycles. The molecule has 2 aromatic rings. The monoisotopic (exact) mass is 260 g/mol. The minimum Gasteiger partial charge on any atom is -0.441 e. The molecule has 0 radical (unpaired) electrons. The highest BCUT2D eigenvalue weighted by molar-refractivity contribution is 5.73. The number of oxazole rings is 1. The first-order chi connectivity index (χ1) is 9.18. The van der Waals surface area contributed by atoms with Gasteiger partial charge in [0.25, 0.3) is 0 Å². The Morgan fingerprint density at radius 1 is 1.47 bits per heavy atom. The number of nitrogens with one attached hydrogen (secondary N) is 1. The average Bonchev–Trinajstić information content (AvgIpc) is 2.72. The van der Waals surface area contributed by atoms with Crippen LogP contribution in [0.25, 0.3) is 11.1 Å². The van der Waals surface area contributed by atoms with Crippen LogP contribution in [0, 0.1) is 12.3 Å². The van der Waals surface area contributed by atoms with Crippen molar-refractivity contribution in [2.75, 3.05) is 13.7 Å². The lowest BCUT2D eigenvalue weighted by molar-refractivity contribution is 0.00787. The van der Waals surface area contributed by atoms with Gasteiger partial charge in [-0.15, -0.1) is 0 Å². The number of aromatic nitrogens is 1. The van der Waals surface area contributed by atoms with E-state index in [-0.39, 0.29) is 18.1 Å². The standard InChI is InChI=1S/C15H20N2O2/c1-10-17-12-8-11(4-5-13(12)19-10)14(16-2)15(9-18)6-3-7-15/h4-5,8,14,16,18H,3,6-7,9H2,1-2H3. The van der Waals surface area contributed by atoms with Crippen LogP contribution < -0.4 is 5.32 Å². The van der Waals surface area contributed by atoms with Crippen LogP contribution in [0.2, 0.25) is 0 Å². The Bertz CT molecular complexity index is 581. The highest BCUT2D eigenvalue weighted by atomic mass is 16.3. The fourth-order valence-electron chi connectivity index (χ4n) is 3.23. The van der Waals surface area contributed by atoms with E-state index in [1.165, 1.54) is 12.0 Å². The molecule has 1 heterocycles. The van der Waals surface area contributed by atoms with Crippen molar-refractivity contribution < 1.29 is 9.52 Å². The van der Waals surface area contributed by atoms with E-state index in [0.717, 1.165) is 23.9 Å². The summed E-state index contributed by atoms with van der Waals surface area (Å²) >= 11 is 0. The highest BCUT2D eigenvalue weighted by Crippen LogP contribution is 2.49. The molecule has 1 fully saturated rings. The first-order valence-corrected chi connectivity index (χ1v) is 6.84. The van der Waals surface area contributed by atoms with Crippen LogP contribution in [0.5, 0.6) is 0 Å². The van der Waals surface area contributed by atoms with Crippen molar-refractivity contribution in [2.45, 2.75) is 32.2 Å². The molecule has 102 valence electrons. The summed E-state index contributed by atoms with van der Waals surface area (Å²) in [4.78, 5) is 4.39. The zero-order valence-corrected chi connectivity index (χ0v) is 11.4. The number of benzene rings is 1. The minimum atomic E-state index is -0.0127. The average molecular weight is 260 g/mol. The second-order valence-corrected chi connectivity index (χ2v) is 5.56. The van der Waals surface area contributed by atoms with Crippen molar-refractivity contribution in [1.82, 2.24) is 10.3 Å². The number of rotatable bonds is 4. The Kier molecular flexibility index (Phi) is 3.07. The molecular formula is C15H20N2O2. The molecule has 4 nitrogen and oxygen atoms in total. The summed E-state index contributed by atoms with van der Waals surface area (Å²) in [5.74, 6) is 0.689. The molecule has 4 heteroatoms. The number of fused-ring (bicyclic) bond motifs is 1. The van der Waals surface area contributed by atoms with Crippen LogP contribution in [0.4, 0.5) is 0 Å². The summed E-state index contributed by atoms with van der Waals surface area (Å²) in [5, 5.41) is 13.1. The topological polar surface area (TPSA) is 58.3 Å². The molecule has 0 spiro atoms. The van der Waals surface area contributed by atoms with Crippen molar-refractivity contribution in [2.24, 2.45) is 5.41 Å². The van der Waals surface area contributed by atoms with Crippen LogP contribution >= 0.6 is 0 Å². The van der Waals surface area contributed by atoms with Gasteiger partial charge in [0.1, 0.15) is 5.52 Å². The van der Waals surface area contributed by atoms with Crippen LogP contribution in [0.15, 0.2) is 22.6 Å². The summed E-state index contributed by atoms with van der Waals surface area (Å²) in [7, 11) is 1.96. The number of hydrogen-bond donors (Lipinski definition) is 2. The number of aliphatic hydroxyl groups excluding tert-OH is 1. The maximum absolute atomic E-state index is 9.74. The number of aryl methyl sites for hydroxylation is 1. The SMILES string of the molecule is CNC(c1ccc2oc(C)nc2c1)C1(CO)CCC1. The molecule has 2 N–H and O–H groups in total. The predicted molar refractivity (Wildman–Crippen MR) is 73.9 cm³/mol. The number of aliphatic hydroxyl groups is 1. The zero-order chi connectivity index (χ0) is 13.5. The van der Waals surface area contributed by atoms with E-state index >= 15 is 0 Å². The summed E-state index contributed by atoms with van der Waals surface area (Å²) in [6, 6.07) is 6.29. The second kappa shape index (κ2) is 4.62. The summed E-state index contributed by atoms with van der Waals surface area (Å²) in [5.41, 5.74) is 2.88. The van der Waals surface area contributed by atoms with Gasteiger partial charge in [-0.3, -0.25) is 0 Å². The van der Waals surface area contributed by atoms with Gasteiger partial charge in [0.15, 0.2) is 11.5 Å². The van der Waals surface area contributed by atoms with Gasteiger partial charge in [-0.1, -0.05) is 12.5 Å². The molecule has 1 atom stereocenters. The first-order valence-electron chi connectivity index (χ1n) is 6.84. The molecule has 1 saturated carbocycles. The van der Waals surface area contributed by atoms with E-state index < -0.39 is 0 Å². The van der Waals surface area contributed by atoms with Gasteiger partial charge in [0.2, 0.25) is 0 Å². The van der Waals surface area contributed by atoms with E-state index in [0.29, 0.717) is 5.89 Å². The molecule has 3 rings (SSSR count). The molecule has 1 aliphatic rings. The maximum Gasteiger partial charge on any atom is 0.192 e. The number of hydrogen-bond acceptors (Lipinski definition) is 4. The lowest BCUT2D eigenvalue weighted by Gasteiger charge is -2.46. The van der Waals surface area contributed by atoms with E-state index in [9.17, 15) is 5.11 Å². The molecule has 0 amide bonds. The summed E-state index contributed by atoms with van der Waals surface area (Å²) < 4.78 is 5.51. The molecule has 0 bridgehead atoms. The van der Waals surface area contributed by atoms with Crippen molar-refractivity contribution in [1.29, 1.82) is 0 Å². The van der Waals surface area contributed by atoms with Crippen molar-refractivity contribution in [3.05, 3.63) is 29.7 Å². The largest absolute Gasteiger partial charge is 0.441 e. The molecular weight excluding hydrogens is 240 g/mol. The van der Waals surface area contributed by atoms with Gasteiger partial charge in [-0.05, 0) is 37.6 Å². The van der Waals surface area contributed by atoms with E-state index in [4.69, 9.17) is 4.42 Å². The van der Waals surface area contributed by atoms with Crippen molar-refractivity contribution in [3.63, 3.8) is 0 Å². The fourth-order valence-corrected chi connectivity index (χ4v) is 3.23.